The number of hydrogen-bond acceptors (Lipinski definition) is 5. The number of allylic oxidation sites excluding steroid dienone is 14. The van der Waals surface area contributed by atoms with E-state index < -0.39 is 6.10 Å². The molecule has 0 spiro atoms. The molecule has 0 aromatic rings. The fourth-order valence-electron chi connectivity index (χ4n) is 7.70. The van der Waals surface area contributed by atoms with Crippen molar-refractivity contribution in [2.45, 2.75) is 271 Å². The van der Waals surface area contributed by atoms with E-state index in [4.69, 9.17) is 14.2 Å². The average Bonchev–Trinajstić information content (AvgIpc) is 3.32. The van der Waals surface area contributed by atoms with Crippen molar-refractivity contribution in [3.63, 3.8) is 0 Å². The van der Waals surface area contributed by atoms with Gasteiger partial charge in [0.25, 0.3) is 0 Å². The molecule has 0 radical (unpaired) electrons. The molecule has 5 heteroatoms. The third-order valence-corrected chi connectivity index (χ3v) is 11.9. The van der Waals surface area contributed by atoms with E-state index in [9.17, 15) is 9.59 Å². The minimum absolute atomic E-state index is 0.0642. The molecular weight excluding hydrogens is 813 g/mol. The van der Waals surface area contributed by atoms with E-state index in [0.717, 1.165) is 96.3 Å². The molecule has 0 aromatic carbocycles. The van der Waals surface area contributed by atoms with Gasteiger partial charge in [0.05, 0.1) is 6.61 Å². The van der Waals surface area contributed by atoms with Crippen molar-refractivity contribution in [1.82, 2.24) is 0 Å². The van der Waals surface area contributed by atoms with Crippen molar-refractivity contribution in [3.8, 4) is 0 Å². The molecule has 0 amide bonds. The van der Waals surface area contributed by atoms with Gasteiger partial charge in [-0.2, -0.15) is 0 Å². The Morgan fingerprint density at radius 3 is 1.14 bits per heavy atom. The van der Waals surface area contributed by atoms with Gasteiger partial charge in [0.2, 0.25) is 0 Å². The van der Waals surface area contributed by atoms with Crippen molar-refractivity contribution >= 4 is 11.9 Å². The summed E-state index contributed by atoms with van der Waals surface area (Å²) in [5.74, 6) is -0.433. The lowest BCUT2D eigenvalue weighted by Gasteiger charge is -2.18. The second-order valence-electron chi connectivity index (χ2n) is 18.4. The first-order chi connectivity index (χ1) is 32.6. The Bertz CT molecular complexity index is 1220. The van der Waals surface area contributed by atoms with E-state index in [1.165, 1.54) is 135 Å². The lowest BCUT2D eigenvalue weighted by Crippen LogP contribution is -2.30. The fraction of sp³-hybridized carbons (Fsp3) is 0.738. The predicted molar refractivity (Wildman–Crippen MR) is 288 cm³/mol. The number of carbonyl (C=O) groups excluding carboxylic acids is 2. The molecular formula is C61H106O5. The van der Waals surface area contributed by atoms with E-state index in [2.05, 4.69) is 106 Å². The number of ether oxygens (including phenoxy) is 3. The van der Waals surface area contributed by atoms with E-state index in [1.54, 1.807) is 0 Å². The molecule has 0 bridgehead atoms. The molecule has 0 aromatic heterocycles. The van der Waals surface area contributed by atoms with Gasteiger partial charge < -0.3 is 14.2 Å². The maximum Gasteiger partial charge on any atom is 0.306 e. The highest BCUT2D eigenvalue weighted by Crippen LogP contribution is 2.14. The van der Waals surface area contributed by atoms with Crippen LogP contribution in [-0.4, -0.2) is 37.9 Å². The van der Waals surface area contributed by atoms with Crippen molar-refractivity contribution in [1.29, 1.82) is 0 Å². The topological polar surface area (TPSA) is 61.8 Å². The molecule has 0 heterocycles. The number of carbonyl (C=O) groups is 2. The van der Waals surface area contributed by atoms with E-state index in [-0.39, 0.29) is 25.2 Å². The number of esters is 2. The first kappa shape index (κ1) is 63.1. The van der Waals surface area contributed by atoms with Crippen LogP contribution in [0.2, 0.25) is 0 Å². The van der Waals surface area contributed by atoms with Gasteiger partial charge in [-0.05, 0) is 116 Å². The Hall–Kier alpha value is -2.92. The Labute approximate surface area is 409 Å². The molecule has 0 rings (SSSR count). The minimum Gasteiger partial charge on any atom is -0.462 e. The summed E-state index contributed by atoms with van der Waals surface area (Å²) in [6.45, 7) is 7.66. The van der Waals surface area contributed by atoms with Crippen LogP contribution in [0, 0.1) is 0 Å². The maximum atomic E-state index is 12.9. The van der Waals surface area contributed by atoms with Gasteiger partial charge in [-0.1, -0.05) is 221 Å². The maximum absolute atomic E-state index is 12.9. The molecule has 0 aliphatic rings. The van der Waals surface area contributed by atoms with Crippen LogP contribution in [-0.2, 0) is 23.8 Å². The van der Waals surface area contributed by atoms with Gasteiger partial charge in [0.1, 0.15) is 6.61 Å². The zero-order chi connectivity index (χ0) is 47.7. The first-order valence-corrected chi connectivity index (χ1v) is 28.1. The molecule has 380 valence electrons. The zero-order valence-corrected chi connectivity index (χ0v) is 43.7. The van der Waals surface area contributed by atoms with Crippen LogP contribution in [0.15, 0.2) is 85.1 Å². The SMILES string of the molecule is CC/C=C\C/C=C\C/C=C\C/C=C\CCCCCCC(=O)OCC(COCCCCCCCC/C=C\CCCCCCCC)OC(=O)CCCCCCCCC/C=C\C/C=C\CCCCC. The summed E-state index contributed by atoms with van der Waals surface area (Å²) in [4.78, 5) is 25.5. The van der Waals surface area contributed by atoms with Crippen molar-refractivity contribution in [2.75, 3.05) is 19.8 Å². The summed E-state index contributed by atoms with van der Waals surface area (Å²) in [6, 6.07) is 0. The quantitative estimate of drug-likeness (QED) is 0.0346. The number of unbranched alkanes of at least 4 members (excludes halogenated alkanes) is 26. The van der Waals surface area contributed by atoms with E-state index in [0.29, 0.717) is 19.4 Å². The lowest BCUT2D eigenvalue weighted by molar-refractivity contribution is -0.163. The fourth-order valence-corrected chi connectivity index (χ4v) is 7.70. The van der Waals surface area contributed by atoms with Crippen LogP contribution in [0.1, 0.15) is 265 Å². The summed E-state index contributed by atoms with van der Waals surface area (Å²) in [5, 5.41) is 0. The van der Waals surface area contributed by atoms with E-state index >= 15 is 0 Å². The summed E-state index contributed by atoms with van der Waals surface area (Å²) in [5.41, 5.74) is 0. The van der Waals surface area contributed by atoms with Crippen molar-refractivity contribution in [3.05, 3.63) is 85.1 Å². The zero-order valence-electron chi connectivity index (χ0n) is 43.7. The summed E-state index contributed by atoms with van der Waals surface area (Å²) in [6.07, 6.45) is 74.5. The molecule has 0 N–H and O–H groups in total. The summed E-state index contributed by atoms with van der Waals surface area (Å²) in [7, 11) is 0. The molecule has 0 aliphatic carbocycles. The Balaban J connectivity index is 4.35. The first-order valence-electron chi connectivity index (χ1n) is 28.1. The van der Waals surface area contributed by atoms with Gasteiger partial charge in [0.15, 0.2) is 6.10 Å². The van der Waals surface area contributed by atoms with Crippen LogP contribution in [0.25, 0.3) is 0 Å². The molecule has 0 saturated carbocycles. The normalized spacial score (nSPS) is 12.8. The Kier molecular flexibility index (Phi) is 53.9. The highest BCUT2D eigenvalue weighted by Gasteiger charge is 2.17. The van der Waals surface area contributed by atoms with Gasteiger partial charge in [-0.3, -0.25) is 9.59 Å². The molecule has 0 aliphatic heterocycles. The number of rotatable bonds is 51. The standard InChI is InChI=1S/C61H106O5/c1-4-7-10-13-16-19-22-25-28-31-33-36-39-42-45-48-51-54-60(62)65-58-59(57-64-56-53-50-47-44-41-38-35-30-27-24-21-18-15-12-9-6-3)66-61(63)55-52-49-46-43-40-37-34-32-29-26-23-20-17-14-11-8-5-2/h7,10,16-17,19-20,25-30,33,36,59H,4-6,8-9,11-15,18,21-24,31-32,34-35,37-58H2,1-3H3/b10-7-,19-16-,20-17-,28-25-,29-26-,30-27-,36-33-. The number of hydrogen-bond donors (Lipinski definition) is 0. The van der Waals surface area contributed by atoms with Gasteiger partial charge in [0, 0.05) is 19.4 Å². The minimum atomic E-state index is -0.558. The van der Waals surface area contributed by atoms with Crippen LogP contribution < -0.4 is 0 Å². The molecule has 5 nitrogen and oxygen atoms in total. The lowest BCUT2D eigenvalue weighted by atomic mass is 10.1. The highest BCUT2D eigenvalue weighted by molar-refractivity contribution is 5.70. The third kappa shape index (κ3) is 53.7. The summed E-state index contributed by atoms with van der Waals surface area (Å²) >= 11 is 0. The highest BCUT2D eigenvalue weighted by atomic mass is 16.6. The Morgan fingerprint density at radius 2 is 0.682 bits per heavy atom. The summed E-state index contributed by atoms with van der Waals surface area (Å²) < 4.78 is 17.4. The van der Waals surface area contributed by atoms with Crippen LogP contribution in [0.3, 0.4) is 0 Å². The molecule has 1 unspecified atom stereocenters. The van der Waals surface area contributed by atoms with Gasteiger partial charge in [-0.15, -0.1) is 0 Å². The smallest absolute Gasteiger partial charge is 0.306 e. The Morgan fingerprint density at radius 1 is 0.348 bits per heavy atom. The van der Waals surface area contributed by atoms with Gasteiger partial charge in [-0.25, -0.2) is 0 Å². The monoisotopic (exact) mass is 919 g/mol. The van der Waals surface area contributed by atoms with Crippen molar-refractivity contribution in [2.24, 2.45) is 0 Å². The third-order valence-electron chi connectivity index (χ3n) is 11.9. The molecule has 0 fully saturated rings. The van der Waals surface area contributed by atoms with E-state index in [1.807, 2.05) is 0 Å². The van der Waals surface area contributed by atoms with Crippen LogP contribution >= 0.6 is 0 Å². The van der Waals surface area contributed by atoms with Crippen LogP contribution in [0.4, 0.5) is 0 Å². The van der Waals surface area contributed by atoms with Crippen molar-refractivity contribution < 1.29 is 23.8 Å². The second-order valence-corrected chi connectivity index (χ2v) is 18.4. The average molecular weight is 920 g/mol. The second kappa shape index (κ2) is 56.4. The molecule has 1 atom stereocenters. The largest absolute Gasteiger partial charge is 0.462 e. The predicted octanol–water partition coefficient (Wildman–Crippen LogP) is 19.2. The molecule has 0 saturated heterocycles. The van der Waals surface area contributed by atoms with Crippen LogP contribution in [0.5, 0.6) is 0 Å². The van der Waals surface area contributed by atoms with Gasteiger partial charge >= 0.3 is 11.9 Å². The molecule has 66 heavy (non-hydrogen) atoms.